The summed E-state index contributed by atoms with van der Waals surface area (Å²) in [6, 6.07) is 16.1. The Hall–Kier alpha value is -2.77. The number of benzene rings is 3. The number of halogens is 4. The van der Waals surface area contributed by atoms with Crippen LogP contribution in [0.1, 0.15) is 11.1 Å². The number of amides is 2. The molecule has 3 nitrogen and oxygen atoms in total. The number of nitrogens with zero attached hydrogens (tertiary/aromatic N) is 1. The molecule has 1 heterocycles. The van der Waals surface area contributed by atoms with Crippen LogP contribution in [-0.2, 0) is 11.0 Å². The van der Waals surface area contributed by atoms with Gasteiger partial charge in [0, 0.05) is 0 Å². The summed E-state index contributed by atoms with van der Waals surface area (Å²) in [5.74, 6) is -0.677. The Morgan fingerprint density at radius 2 is 1.69 bits per heavy atom. The minimum Gasteiger partial charge on any atom is -0.268 e. The average molecular weight is 434 g/mol. The summed E-state index contributed by atoms with van der Waals surface area (Å²) in [5.41, 5.74) is -0.542. The molecule has 1 saturated heterocycles. The molecule has 1 fully saturated rings. The van der Waals surface area contributed by atoms with Crippen molar-refractivity contribution in [3.05, 3.63) is 81.7 Å². The van der Waals surface area contributed by atoms with E-state index in [4.69, 9.17) is 11.6 Å². The van der Waals surface area contributed by atoms with Gasteiger partial charge in [-0.25, -0.2) is 4.90 Å². The molecular weight excluding hydrogens is 423 g/mol. The van der Waals surface area contributed by atoms with Crippen molar-refractivity contribution in [1.82, 2.24) is 0 Å². The number of alkyl halides is 3. The molecule has 0 unspecified atom stereocenters. The number of thioether (sulfide) groups is 1. The van der Waals surface area contributed by atoms with Gasteiger partial charge in [-0.05, 0) is 52.4 Å². The highest BCUT2D eigenvalue weighted by molar-refractivity contribution is 8.19. The highest BCUT2D eigenvalue weighted by Crippen LogP contribution is 2.41. The van der Waals surface area contributed by atoms with Gasteiger partial charge in [-0.1, -0.05) is 54.1 Å². The summed E-state index contributed by atoms with van der Waals surface area (Å²) >= 11 is 6.31. The summed E-state index contributed by atoms with van der Waals surface area (Å²) in [4.78, 5) is 26.1. The maximum atomic E-state index is 13.1. The SMILES string of the molecule is O=C1S/C(=C\c2cccc3ccccc23)C(=O)N1c1ccc(Cl)c(C(F)(F)F)c1. The zero-order valence-electron chi connectivity index (χ0n) is 14.5. The minimum absolute atomic E-state index is 0.134. The monoisotopic (exact) mass is 433 g/mol. The summed E-state index contributed by atoms with van der Waals surface area (Å²) < 4.78 is 39.4. The third-order valence-electron chi connectivity index (χ3n) is 4.42. The van der Waals surface area contributed by atoms with E-state index in [2.05, 4.69) is 0 Å². The van der Waals surface area contributed by atoms with Crippen LogP contribution in [0.2, 0.25) is 5.02 Å². The summed E-state index contributed by atoms with van der Waals surface area (Å²) in [5, 5.41) is 0.692. The van der Waals surface area contributed by atoms with Crippen LogP contribution in [0, 0.1) is 0 Å². The van der Waals surface area contributed by atoms with Crippen molar-refractivity contribution in [3.63, 3.8) is 0 Å². The van der Waals surface area contributed by atoms with Gasteiger partial charge in [0.1, 0.15) is 0 Å². The molecule has 0 saturated carbocycles. The molecular formula is C21H11ClF3NO2S. The van der Waals surface area contributed by atoms with Crippen LogP contribution in [0.3, 0.4) is 0 Å². The zero-order valence-corrected chi connectivity index (χ0v) is 16.1. The van der Waals surface area contributed by atoms with E-state index in [1.165, 1.54) is 6.07 Å². The van der Waals surface area contributed by atoms with Gasteiger partial charge in [-0.15, -0.1) is 0 Å². The third kappa shape index (κ3) is 3.63. The number of imide groups is 1. The van der Waals surface area contributed by atoms with E-state index >= 15 is 0 Å². The number of fused-ring (bicyclic) bond motifs is 1. The van der Waals surface area contributed by atoms with Gasteiger partial charge >= 0.3 is 6.18 Å². The Labute approximate surface area is 172 Å². The second-order valence-electron chi connectivity index (χ2n) is 6.25. The lowest BCUT2D eigenvalue weighted by Gasteiger charge is -2.16. The highest BCUT2D eigenvalue weighted by Gasteiger charge is 2.39. The van der Waals surface area contributed by atoms with Gasteiger partial charge in [0.2, 0.25) is 0 Å². The summed E-state index contributed by atoms with van der Waals surface area (Å²) in [6.45, 7) is 0. The number of hydrogen-bond acceptors (Lipinski definition) is 3. The van der Waals surface area contributed by atoms with Gasteiger partial charge < -0.3 is 0 Å². The van der Waals surface area contributed by atoms with E-state index < -0.39 is 27.9 Å². The van der Waals surface area contributed by atoms with E-state index in [0.717, 1.165) is 27.3 Å². The maximum Gasteiger partial charge on any atom is 0.417 e. The molecule has 1 aliphatic heterocycles. The molecule has 0 aliphatic carbocycles. The highest BCUT2D eigenvalue weighted by atomic mass is 35.5. The van der Waals surface area contributed by atoms with Crippen molar-refractivity contribution >= 4 is 57.0 Å². The zero-order chi connectivity index (χ0) is 20.8. The first-order valence-electron chi connectivity index (χ1n) is 8.38. The molecule has 8 heteroatoms. The second kappa shape index (κ2) is 7.24. The molecule has 0 N–H and O–H groups in total. The molecule has 1 aliphatic rings. The Bertz CT molecular complexity index is 1180. The molecule has 29 heavy (non-hydrogen) atoms. The smallest absolute Gasteiger partial charge is 0.268 e. The van der Waals surface area contributed by atoms with Gasteiger partial charge in [0.15, 0.2) is 0 Å². The van der Waals surface area contributed by atoms with Crippen LogP contribution in [0.15, 0.2) is 65.6 Å². The van der Waals surface area contributed by atoms with E-state index in [1.807, 2.05) is 36.4 Å². The number of rotatable bonds is 2. The molecule has 0 atom stereocenters. The van der Waals surface area contributed by atoms with Gasteiger partial charge in [-0.2, -0.15) is 13.2 Å². The molecule has 0 spiro atoms. The minimum atomic E-state index is -4.70. The summed E-state index contributed by atoms with van der Waals surface area (Å²) in [7, 11) is 0. The van der Waals surface area contributed by atoms with Gasteiger partial charge in [0.05, 0.1) is 21.2 Å². The first kappa shape index (κ1) is 19.5. The normalized spacial score (nSPS) is 16.3. The maximum absolute atomic E-state index is 13.1. The Morgan fingerprint density at radius 3 is 2.45 bits per heavy atom. The van der Waals surface area contributed by atoms with Crippen molar-refractivity contribution in [2.24, 2.45) is 0 Å². The van der Waals surface area contributed by atoms with Crippen molar-refractivity contribution < 1.29 is 22.8 Å². The van der Waals surface area contributed by atoms with Crippen LogP contribution in [0.4, 0.5) is 23.7 Å². The molecule has 0 aromatic heterocycles. The number of hydrogen-bond donors (Lipinski definition) is 0. The lowest BCUT2D eigenvalue weighted by atomic mass is 10.0. The van der Waals surface area contributed by atoms with Crippen LogP contribution < -0.4 is 4.90 Å². The van der Waals surface area contributed by atoms with Crippen molar-refractivity contribution in [3.8, 4) is 0 Å². The predicted molar refractivity (Wildman–Crippen MR) is 109 cm³/mol. The quantitative estimate of drug-likeness (QED) is 0.419. The molecule has 0 bridgehead atoms. The fraction of sp³-hybridized carbons (Fsp3) is 0.0476. The Kier molecular flexibility index (Phi) is 4.88. The molecule has 4 rings (SSSR count). The Balaban J connectivity index is 1.74. The number of anilines is 1. The van der Waals surface area contributed by atoms with Crippen LogP contribution in [0.5, 0.6) is 0 Å². The fourth-order valence-electron chi connectivity index (χ4n) is 3.08. The van der Waals surface area contributed by atoms with Crippen LogP contribution in [-0.4, -0.2) is 11.1 Å². The van der Waals surface area contributed by atoms with Crippen molar-refractivity contribution in [2.75, 3.05) is 4.90 Å². The van der Waals surface area contributed by atoms with Crippen LogP contribution >= 0.6 is 23.4 Å². The lowest BCUT2D eigenvalue weighted by molar-refractivity contribution is -0.137. The number of carbonyl (C=O) groups excluding carboxylic acids is 2. The molecule has 3 aromatic carbocycles. The third-order valence-corrected chi connectivity index (χ3v) is 5.62. The molecule has 2 amide bonds. The first-order chi connectivity index (χ1) is 13.8. The van der Waals surface area contributed by atoms with E-state index in [1.54, 1.807) is 12.1 Å². The predicted octanol–water partition coefficient (Wildman–Crippen LogP) is 6.75. The molecule has 3 aromatic rings. The first-order valence-corrected chi connectivity index (χ1v) is 9.57. The fourth-order valence-corrected chi connectivity index (χ4v) is 4.13. The van der Waals surface area contributed by atoms with Gasteiger partial charge in [-0.3, -0.25) is 9.59 Å². The Morgan fingerprint density at radius 1 is 0.966 bits per heavy atom. The van der Waals surface area contributed by atoms with E-state index in [9.17, 15) is 22.8 Å². The lowest BCUT2D eigenvalue weighted by Crippen LogP contribution is -2.28. The second-order valence-corrected chi connectivity index (χ2v) is 7.65. The average Bonchev–Trinajstić information content (AvgIpc) is 2.95. The van der Waals surface area contributed by atoms with Gasteiger partial charge in [0.25, 0.3) is 11.1 Å². The molecule has 146 valence electrons. The van der Waals surface area contributed by atoms with Crippen LogP contribution in [0.25, 0.3) is 16.8 Å². The largest absolute Gasteiger partial charge is 0.417 e. The van der Waals surface area contributed by atoms with E-state index in [0.29, 0.717) is 17.8 Å². The van der Waals surface area contributed by atoms with Crippen molar-refractivity contribution in [1.29, 1.82) is 0 Å². The molecule has 0 radical (unpaired) electrons. The number of carbonyl (C=O) groups is 2. The van der Waals surface area contributed by atoms with Crippen molar-refractivity contribution in [2.45, 2.75) is 6.18 Å². The van der Waals surface area contributed by atoms with E-state index in [-0.39, 0.29) is 10.6 Å². The topological polar surface area (TPSA) is 37.4 Å². The summed E-state index contributed by atoms with van der Waals surface area (Å²) in [6.07, 6.45) is -3.12. The standard InChI is InChI=1S/C21H11ClF3NO2S/c22-17-9-8-14(11-16(17)21(23,24)25)26-19(27)18(29-20(26)28)10-13-6-3-5-12-4-1-2-7-15(12)13/h1-11H/b18-10-.